The van der Waals surface area contributed by atoms with Gasteiger partial charge in [0, 0.05) is 11.3 Å². The third kappa shape index (κ3) is 4.18. The van der Waals surface area contributed by atoms with E-state index < -0.39 is 0 Å². The third-order valence-electron chi connectivity index (χ3n) is 3.12. The average Bonchev–Trinajstić information content (AvgIpc) is 2.49. The van der Waals surface area contributed by atoms with Crippen molar-refractivity contribution < 1.29 is 14.3 Å². The topological polar surface area (TPSA) is 55.4 Å². The highest BCUT2D eigenvalue weighted by Crippen LogP contribution is 2.25. The predicted octanol–water partition coefficient (Wildman–Crippen LogP) is 3.90. The van der Waals surface area contributed by atoms with Crippen molar-refractivity contribution in [3.8, 4) is 5.75 Å². The fourth-order valence-corrected chi connectivity index (χ4v) is 2.42. The van der Waals surface area contributed by atoms with Crippen LogP contribution in [0.25, 0.3) is 0 Å². The molecule has 1 N–H and O–H groups in total. The predicted molar refractivity (Wildman–Crippen MR) is 89.6 cm³/mol. The Kier molecular flexibility index (Phi) is 5.33. The molecule has 2 aromatic rings. The Morgan fingerprint density at radius 3 is 2.68 bits per heavy atom. The Labute approximate surface area is 137 Å². The number of nitrogens with one attached hydrogen (secondary N) is 1. The van der Waals surface area contributed by atoms with E-state index >= 15 is 0 Å². The van der Waals surface area contributed by atoms with Crippen LogP contribution >= 0.6 is 15.9 Å². The lowest BCUT2D eigenvalue weighted by atomic mass is 10.1. The van der Waals surface area contributed by atoms with Crippen LogP contribution in [0.5, 0.6) is 5.75 Å². The fourth-order valence-electron chi connectivity index (χ4n) is 1.91. The lowest BCUT2D eigenvalue weighted by molar-refractivity contribution is -0.118. The van der Waals surface area contributed by atoms with E-state index in [0.717, 1.165) is 23.1 Å². The molecule has 0 aliphatic heterocycles. The minimum absolute atomic E-state index is 0.105. The quantitative estimate of drug-likeness (QED) is 0.821. The van der Waals surface area contributed by atoms with Gasteiger partial charge in [0.15, 0.2) is 6.61 Å². The zero-order valence-corrected chi connectivity index (χ0v) is 13.9. The van der Waals surface area contributed by atoms with Gasteiger partial charge in [0.1, 0.15) is 12.0 Å². The van der Waals surface area contributed by atoms with E-state index in [1.54, 1.807) is 18.2 Å². The Morgan fingerprint density at radius 2 is 2.00 bits per heavy atom. The first-order valence-electron chi connectivity index (χ1n) is 6.74. The zero-order chi connectivity index (χ0) is 16.1. The summed E-state index contributed by atoms with van der Waals surface area (Å²) in [6.07, 6.45) is 0.752. The average molecular weight is 362 g/mol. The minimum atomic E-state index is -0.236. The second-order valence-corrected chi connectivity index (χ2v) is 5.82. The molecule has 0 saturated heterocycles. The van der Waals surface area contributed by atoms with Crippen LogP contribution in [0.1, 0.15) is 21.5 Å². The van der Waals surface area contributed by atoms with E-state index in [4.69, 9.17) is 4.74 Å². The van der Waals surface area contributed by atoms with Crippen LogP contribution in [0.4, 0.5) is 5.69 Å². The van der Waals surface area contributed by atoms with Crippen molar-refractivity contribution in [1.82, 2.24) is 0 Å². The Hall–Kier alpha value is -2.14. The Balaban J connectivity index is 1.98. The summed E-state index contributed by atoms with van der Waals surface area (Å²) in [5.41, 5.74) is 3.40. The fraction of sp³-hybridized carbons (Fsp3) is 0.176. The van der Waals surface area contributed by atoms with Crippen molar-refractivity contribution >= 4 is 33.8 Å². The van der Waals surface area contributed by atoms with Crippen molar-refractivity contribution in [2.24, 2.45) is 0 Å². The summed E-state index contributed by atoms with van der Waals surface area (Å²) in [6, 6.07) is 10.8. The van der Waals surface area contributed by atoms with Gasteiger partial charge in [0.2, 0.25) is 0 Å². The number of hydrogen-bond acceptors (Lipinski definition) is 3. The molecule has 1 amide bonds. The Bertz CT molecular complexity index is 713. The van der Waals surface area contributed by atoms with Crippen molar-refractivity contribution in [1.29, 1.82) is 0 Å². The van der Waals surface area contributed by atoms with Crippen molar-refractivity contribution in [2.45, 2.75) is 13.8 Å². The number of benzene rings is 2. The second-order valence-electron chi connectivity index (χ2n) is 4.96. The van der Waals surface area contributed by atoms with Crippen LogP contribution in [-0.2, 0) is 4.79 Å². The molecule has 114 valence electrons. The summed E-state index contributed by atoms with van der Waals surface area (Å²) < 4.78 is 6.10. The number of aryl methyl sites for hydroxylation is 2. The molecule has 0 atom stereocenters. The molecule has 0 bridgehead atoms. The molecule has 0 aromatic heterocycles. The van der Waals surface area contributed by atoms with Crippen molar-refractivity contribution in [2.75, 3.05) is 11.9 Å². The Morgan fingerprint density at radius 1 is 1.23 bits per heavy atom. The van der Waals surface area contributed by atoms with Crippen LogP contribution in [0.3, 0.4) is 0 Å². The largest absolute Gasteiger partial charge is 0.483 e. The van der Waals surface area contributed by atoms with Crippen LogP contribution in [0.15, 0.2) is 40.9 Å². The highest BCUT2D eigenvalue weighted by molar-refractivity contribution is 9.10. The molecule has 0 aliphatic rings. The van der Waals surface area contributed by atoms with Gasteiger partial charge in [0.25, 0.3) is 5.91 Å². The molecular weight excluding hydrogens is 346 g/mol. The third-order valence-corrected chi connectivity index (χ3v) is 3.74. The van der Waals surface area contributed by atoms with Crippen LogP contribution in [0.2, 0.25) is 0 Å². The lowest BCUT2D eigenvalue weighted by Gasteiger charge is -2.11. The SMILES string of the molecule is Cc1ccc(C)c(NC(=O)COc2ccc(C=O)cc2Br)c1. The van der Waals surface area contributed by atoms with Crippen LogP contribution in [0, 0.1) is 13.8 Å². The number of carbonyl (C=O) groups excluding carboxylic acids is 2. The van der Waals surface area contributed by atoms with Gasteiger partial charge in [-0.25, -0.2) is 0 Å². The van der Waals surface area contributed by atoms with E-state index in [1.807, 2.05) is 32.0 Å². The summed E-state index contributed by atoms with van der Waals surface area (Å²) in [5.74, 6) is 0.279. The van der Waals surface area contributed by atoms with Gasteiger partial charge in [-0.05, 0) is 65.2 Å². The summed E-state index contributed by atoms with van der Waals surface area (Å²) in [4.78, 5) is 22.6. The number of carbonyl (C=O) groups is 2. The van der Waals surface area contributed by atoms with Gasteiger partial charge in [0.05, 0.1) is 4.47 Å². The van der Waals surface area contributed by atoms with Gasteiger partial charge in [-0.1, -0.05) is 12.1 Å². The standard InChI is InChI=1S/C17H16BrNO3/c1-11-3-4-12(2)15(7-11)19-17(21)10-22-16-6-5-13(9-20)8-14(16)18/h3-9H,10H2,1-2H3,(H,19,21). The number of rotatable bonds is 5. The van der Waals surface area contributed by atoms with Gasteiger partial charge in [-0.15, -0.1) is 0 Å². The number of amides is 1. The first kappa shape index (κ1) is 16.2. The first-order valence-corrected chi connectivity index (χ1v) is 7.53. The second kappa shape index (κ2) is 7.22. The highest BCUT2D eigenvalue weighted by atomic mass is 79.9. The normalized spacial score (nSPS) is 10.1. The molecule has 22 heavy (non-hydrogen) atoms. The molecule has 0 saturated carbocycles. The molecular formula is C17H16BrNO3. The number of ether oxygens (including phenoxy) is 1. The summed E-state index contributed by atoms with van der Waals surface area (Å²) in [6.45, 7) is 3.80. The minimum Gasteiger partial charge on any atom is -0.483 e. The van der Waals surface area contributed by atoms with Gasteiger partial charge in [-0.2, -0.15) is 0 Å². The molecule has 2 rings (SSSR count). The molecule has 0 aliphatic carbocycles. The summed E-state index contributed by atoms with van der Waals surface area (Å²) in [5, 5.41) is 2.83. The number of aldehydes is 1. The molecule has 0 fully saturated rings. The maximum Gasteiger partial charge on any atom is 0.262 e. The summed E-state index contributed by atoms with van der Waals surface area (Å²) in [7, 11) is 0. The maximum absolute atomic E-state index is 12.0. The molecule has 2 aromatic carbocycles. The maximum atomic E-state index is 12.0. The first-order chi connectivity index (χ1) is 10.5. The van der Waals surface area contributed by atoms with E-state index in [0.29, 0.717) is 15.8 Å². The highest BCUT2D eigenvalue weighted by Gasteiger charge is 2.08. The van der Waals surface area contributed by atoms with E-state index in [-0.39, 0.29) is 12.5 Å². The zero-order valence-electron chi connectivity index (χ0n) is 12.4. The molecule has 0 heterocycles. The van der Waals surface area contributed by atoms with Crippen molar-refractivity contribution in [3.05, 3.63) is 57.6 Å². The lowest BCUT2D eigenvalue weighted by Crippen LogP contribution is -2.20. The number of halogens is 1. The van der Waals surface area contributed by atoms with Gasteiger partial charge >= 0.3 is 0 Å². The van der Waals surface area contributed by atoms with Crippen molar-refractivity contribution in [3.63, 3.8) is 0 Å². The number of hydrogen-bond donors (Lipinski definition) is 1. The molecule has 5 heteroatoms. The van der Waals surface area contributed by atoms with Crippen LogP contribution in [-0.4, -0.2) is 18.8 Å². The molecule has 0 spiro atoms. The monoisotopic (exact) mass is 361 g/mol. The molecule has 0 radical (unpaired) electrons. The smallest absolute Gasteiger partial charge is 0.262 e. The molecule has 0 unspecified atom stereocenters. The van der Waals surface area contributed by atoms with Gasteiger partial charge < -0.3 is 10.1 Å². The summed E-state index contributed by atoms with van der Waals surface area (Å²) >= 11 is 3.31. The van der Waals surface area contributed by atoms with E-state index in [9.17, 15) is 9.59 Å². The van der Waals surface area contributed by atoms with Crippen LogP contribution < -0.4 is 10.1 Å². The van der Waals surface area contributed by atoms with E-state index in [1.165, 1.54) is 0 Å². The van der Waals surface area contributed by atoms with Gasteiger partial charge in [-0.3, -0.25) is 9.59 Å². The van der Waals surface area contributed by atoms with E-state index in [2.05, 4.69) is 21.2 Å². The molecule has 4 nitrogen and oxygen atoms in total. The number of anilines is 1.